The average molecular weight is 378 g/mol. The molecule has 0 unspecified atom stereocenters. The van der Waals surface area contributed by atoms with E-state index in [4.69, 9.17) is 0 Å². The van der Waals surface area contributed by atoms with Crippen LogP contribution in [0.1, 0.15) is 11.1 Å². The van der Waals surface area contributed by atoms with Gasteiger partial charge in [-0.1, -0.05) is 42.5 Å². The smallest absolute Gasteiger partial charge is 0.256 e. The first-order chi connectivity index (χ1) is 12.9. The minimum Gasteiger partial charge on any atom is -0.321 e. The van der Waals surface area contributed by atoms with Crippen molar-refractivity contribution in [3.8, 4) is 11.1 Å². The molecule has 1 N–H and O–H groups in total. The van der Waals surface area contributed by atoms with E-state index in [9.17, 15) is 13.2 Å². The van der Waals surface area contributed by atoms with Gasteiger partial charge in [0.2, 0.25) is 10.0 Å². The summed E-state index contributed by atoms with van der Waals surface area (Å²) in [7, 11) is -0.608. The molecule has 0 spiro atoms. The average Bonchev–Trinajstić information content (AvgIpc) is 3.05. The van der Waals surface area contributed by atoms with Gasteiger partial charge >= 0.3 is 0 Å². The van der Waals surface area contributed by atoms with Crippen LogP contribution in [-0.4, -0.2) is 32.7 Å². The highest BCUT2D eigenvalue weighted by Crippen LogP contribution is 2.37. The van der Waals surface area contributed by atoms with Crippen LogP contribution in [0.2, 0.25) is 0 Å². The Bertz CT molecular complexity index is 1160. The van der Waals surface area contributed by atoms with Gasteiger partial charge in [-0.25, -0.2) is 12.7 Å². The maximum Gasteiger partial charge on any atom is 0.256 e. The number of benzene rings is 1. The fourth-order valence-corrected chi connectivity index (χ4v) is 4.13. The number of anilines is 1. The molecule has 0 saturated heterocycles. The molecule has 3 aliphatic rings. The number of sulfonamides is 1. The maximum absolute atomic E-state index is 12.5. The molecule has 5 nitrogen and oxygen atoms in total. The zero-order valence-corrected chi connectivity index (χ0v) is 15.7. The number of amides is 1. The van der Waals surface area contributed by atoms with E-state index >= 15 is 0 Å². The third kappa shape index (κ3) is 2.93. The summed E-state index contributed by atoms with van der Waals surface area (Å²) in [6.45, 7) is 0. The minimum atomic E-state index is -3.58. The lowest BCUT2D eigenvalue weighted by molar-refractivity contribution is -0.110. The van der Waals surface area contributed by atoms with Gasteiger partial charge in [0.1, 0.15) is 0 Å². The van der Waals surface area contributed by atoms with E-state index < -0.39 is 10.0 Å². The van der Waals surface area contributed by atoms with Crippen molar-refractivity contribution in [3.05, 3.63) is 71.8 Å². The normalized spacial score (nSPS) is 15.4. The van der Waals surface area contributed by atoms with Gasteiger partial charge < -0.3 is 5.32 Å². The highest BCUT2D eigenvalue weighted by Gasteiger charge is 2.27. The quantitative estimate of drug-likeness (QED) is 0.709. The topological polar surface area (TPSA) is 66.5 Å². The SMILES string of the molecule is CN(C)S(=O)(=O)c1ccc2c(c1)/C(=C/c1ccc3cccccc1-3)C(=O)N2. The first-order valence-electron chi connectivity index (χ1n) is 8.46. The monoisotopic (exact) mass is 378 g/mol. The Morgan fingerprint density at radius 2 is 1.70 bits per heavy atom. The largest absolute Gasteiger partial charge is 0.321 e. The summed E-state index contributed by atoms with van der Waals surface area (Å²) >= 11 is 0. The van der Waals surface area contributed by atoms with Crippen molar-refractivity contribution in [2.24, 2.45) is 0 Å². The van der Waals surface area contributed by atoms with Crippen molar-refractivity contribution in [2.45, 2.75) is 4.90 Å². The van der Waals surface area contributed by atoms with Crippen molar-refractivity contribution in [1.29, 1.82) is 0 Å². The maximum atomic E-state index is 12.5. The molecule has 4 rings (SSSR count). The Labute approximate surface area is 158 Å². The van der Waals surface area contributed by atoms with Gasteiger partial charge in [0.15, 0.2) is 0 Å². The van der Waals surface area contributed by atoms with Crippen molar-refractivity contribution < 1.29 is 13.2 Å². The predicted octanol–water partition coefficient (Wildman–Crippen LogP) is 3.53. The lowest BCUT2D eigenvalue weighted by atomic mass is 10.0. The van der Waals surface area contributed by atoms with Crippen LogP contribution >= 0.6 is 0 Å². The molecule has 2 aliphatic carbocycles. The van der Waals surface area contributed by atoms with Crippen LogP contribution < -0.4 is 5.32 Å². The Kier molecular flexibility index (Phi) is 4.09. The molecule has 0 saturated carbocycles. The molecule has 1 aromatic rings. The van der Waals surface area contributed by atoms with E-state index in [1.54, 1.807) is 12.1 Å². The second-order valence-electron chi connectivity index (χ2n) is 6.58. The van der Waals surface area contributed by atoms with Crippen molar-refractivity contribution >= 4 is 33.3 Å². The second-order valence-corrected chi connectivity index (χ2v) is 8.73. The molecular formula is C21H18N2O3S. The molecule has 1 amide bonds. The molecule has 1 aliphatic heterocycles. The van der Waals surface area contributed by atoms with E-state index in [0.29, 0.717) is 16.8 Å². The van der Waals surface area contributed by atoms with Crippen LogP contribution in [0.15, 0.2) is 65.6 Å². The molecule has 27 heavy (non-hydrogen) atoms. The van der Waals surface area contributed by atoms with Gasteiger partial charge in [-0.2, -0.15) is 0 Å². The summed E-state index contributed by atoms with van der Waals surface area (Å²) in [5.74, 6) is -0.237. The summed E-state index contributed by atoms with van der Waals surface area (Å²) in [5.41, 5.74) is 4.70. The van der Waals surface area contributed by atoms with Gasteiger partial charge in [-0.3, -0.25) is 4.79 Å². The Balaban J connectivity index is 1.85. The predicted molar refractivity (Wildman–Crippen MR) is 107 cm³/mol. The summed E-state index contributed by atoms with van der Waals surface area (Å²) in [5, 5.41) is 2.81. The lowest BCUT2D eigenvalue weighted by Crippen LogP contribution is -2.22. The number of nitrogens with one attached hydrogen (secondary N) is 1. The minimum absolute atomic E-state index is 0.160. The Morgan fingerprint density at radius 1 is 0.926 bits per heavy atom. The lowest BCUT2D eigenvalue weighted by Gasteiger charge is -2.12. The third-order valence-corrected chi connectivity index (χ3v) is 6.49. The van der Waals surface area contributed by atoms with Gasteiger partial charge in [-0.15, -0.1) is 0 Å². The molecule has 0 radical (unpaired) electrons. The van der Waals surface area contributed by atoms with Crippen LogP contribution in [-0.2, 0) is 14.8 Å². The fourth-order valence-electron chi connectivity index (χ4n) is 3.20. The molecule has 136 valence electrons. The van der Waals surface area contributed by atoms with E-state index in [1.807, 2.05) is 48.5 Å². The van der Waals surface area contributed by atoms with Crippen LogP contribution in [0.4, 0.5) is 5.69 Å². The summed E-state index contributed by atoms with van der Waals surface area (Å²) < 4.78 is 26.1. The Hall–Kier alpha value is -2.96. The van der Waals surface area contributed by atoms with Gasteiger partial charge in [0.05, 0.1) is 4.90 Å². The molecule has 1 aromatic carbocycles. The zero-order valence-electron chi connectivity index (χ0n) is 14.9. The van der Waals surface area contributed by atoms with Gasteiger partial charge in [-0.05, 0) is 41.0 Å². The number of fused-ring (bicyclic) bond motifs is 2. The highest BCUT2D eigenvalue weighted by atomic mass is 32.2. The first kappa shape index (κ1) is 17.5. The molecule has 0 atom stereocenters. The number of nitrogens with zero attached hydrogens (tertiary/aromatic N) is 1. The molecular weight excluding hydrogens is 360 g/mol. The fraction of sp³-hybridized carbons (Fsp3) is 0.0952. The van der Waals surface area contributed by atoms with Crippen LogP contribution in [0.3, 0.4) is 0 Å². The van der Waals surface area contributed by atoms with E-state index in [1.165, 1.54) is 20.2 Å². The summed E-state index contributed by atoms with van der Waals surface area (Å²) in [4.78, 5) is 12.7. The van der Waals surface area contributed by atoms with E-state index in [2.05, 4.69) is 5.32 Å². The zero-order chi connectivity index (χ0) is 19.2. The van der Waals surface area contributed by atoms with E-state index in [0.717, 1.165) is 21.0 Å². The van der Waals surface area contributed by atoms with Crippen molar-refractivity contribution in [3.63, 3.8) is 0 Å². The van der Waals surface area contributed by atoms with Crippen molar-refractivity contribution in [1.82, 2.24) is 4.31 Å². The number of hydrogen-bond acceptors (Lipinski definition) is 3. The molecule has 6 heteroatoms. The first-order valence-corrected chi connectivity index (χ1v) is 9.90. The van der Waals surface area contributed by atoms with Gasteiger partial charge in [0, 0.05) is 30.9 Å². The number of carbonyl (C=O) groups is 1. The number of rotatable bonds is 3. The third-order valence-electron chi connectivity index (χ3n) is 4.68. The molecule has 0 fully saturated rings. The van der Waals surface area contributed by atoms with Crippen molar-refractivity contribution in [2.75, 3.05) is 19.4 Å². The molecule has 1 heterocycles. The summed E-state index contributed by atoms with van der Waals surface area (Å²) in [6.07, 6.45) is 1.82. The van der Waals surface area contributed by atoms with E-state index in [-0.39, 0.29) is 10.8 Å². The van der Waals surface area contributed by atoms with Crippen LogP contribution in [0.25, 0.3) is 22.8 Å². The molecule has 0 bridgehead atoms. The molecule has 0 aromatic heterocycles. The number of carbonyl (C=O) groups excluding carboxylic acids is 1. The van der Waals surface area contributed by atoms with Crippen LogP contribution in [0.5, 0.6) is 0 Å². The Morgan fingerprint density at radius 3 is 2.48 bits per heavy atom. The standard InChI is InChI=1S/C21H18N2O3S/c1-23(2)27(25,26)16-10-11-20-18(13-16)19(21(24)22-20)12-15-9-8-14-6-4-3-5-7-17(14)15/h3-13H,1-2H3,(H,22,24)/b19-12-. The summed E-state index contributed by atoms with van der Waals surface area (Å²) in [6, 6.07) is 18.6. The second kappa shape index (κ2) is 6.33. The van der Waals surface area contributed by atoms with Crippen LogP contribution in [0, 0.1) is 0 Å². The van der Waals surface area contributed by atoms with Gasteiger partial charge in [0.25, 0.3) is 5.91 Å². The highest BCUT2D eigenvalue weighted by molar-refractivity contribution is 7.89. The number of hydrogen-bond donors (Lipinski definition) is 1.